The number of amides is 4. The third-order valence-corrected chi connectivity index (χ3v) is 9.96. The standard InChI is InChI=1S/C39H53N5O7/c1-26(2)21-31(35(46)39(4)25-51-39)41-37(48)33(23-29-13-9-6-10-14-29)44-27(3)22-32(38(44)49)42-36(47)30(16-15-28-11-7-5-8-12-28)40-34(45)24-43-17-19-50-20-18-43/h5-14,26-27,30-33H,15-25H2,1-4H3,(H,40,45)(H,41,48)(H,42,47)/t27?,30-,31?,32?,33-,39?/m0/s1. The maximum Gasteiger partial charge on any atom is 0.246 e. The first-order chi connectivity index (χ1) is 24.4. The number of carbonyl (C=O) groups is 5. The van der Waals surface area contributed by atoms with E-state index in [0.29, 0.717) is 52.2 Å². The number of hydrogen-bond acceptors (Lipinski definition) is 8. The molecule has 12 nitrogen and oxygen atoms in total. The van der Waals surface area contributed by atoms with Gasteiger partial charge in [-0.3, -0.25) is 28.9 Å². The van der Waals surface area contributed by atoms with Crippen LogP contribution in [-0.2, 0) is 46.3 Å². The Labute approximate surface area is 301 Å². The molecule has 276 valence electrons. The van der Waals surface area contributed by atoms with Crippen molar-refractivity contribution in [1.29, 1.82) is 0 Å². The predicted molar refractivity (Wildman–Crippen MR) is 191 cm³/mol. The summed E-state index contributed by atoms with van der Waals surface area (Å²) < 4.78 is 10.8. The van der Waals surface area contributed by atoms with Crippen LogP contribution >= 0.6 is 0 Å². The topological polar surface area (TPSA) is 150 Å². The van der Waals surface area contributed by atoms with Gasteiger partial charge in [0, 0.05) is 25.6 Å². The molecule has 3 fully saturated rings. The van der Waals surface area contributed by atoms with E-state index in [4.69, 9.17) is 9.47 Å². The van der Waals surface area contributed by atoms with E-state index in [0.717, 1.165) is 11.1 Å². The number of benzene rings is 2. The van der Waals surface area contributed by atoms with E-state index >= 15 is 0 Å². The fourth-order valence-corrected chi connectivity index (χ4v) is 6.98. The van der Waals surface area contributed by atoms with Gasteiger partial charge in [0.1, 0.15) is 23.7 Å². The molecular weight excluding hydrogens is 650 g/mol. The molecule has 12 heteroatoms. The summed E-state index contributed by atoms with van der Waals surface area (Å²) in [6.45, 7) is 10.4. The van der Waals surface area contributed by atoms with Crippen molar-refractivity contribution in [2.45, 2.75) is 95.6 Å². The minimum absolute atomic E-state index is 0.130. The van der Waals surface area contributed by atoms with Crippen molar-refractivity contribution in [1.82, 2.24) is 25.8 Å². The number of aryl methyl sites for hydroxylation is 1. The van der Waals surface area contributed by atoms with Gasteiger partial charge in [0.25, 0.3) is 0 Å². The zero-order valence-corrected chi connectivity index (χ0v) is 30.3. The van der Waals surface area contributed by atoms with E-state index in [1.165, 1.54) is 0 Å². The zero-order chi connectivity index (χ0) is 36.5. The highest BCUT2D eigenvalue weighted by molar-refractivity contribution is 5.99. The van der Waals surface area contributed by atoms with Gasteiger partial charge in [-0.2, -0.15) is 0 Å². The molecule has 0 spiro atoms. The lowest BCUT2D eigenvalue weighted by Gasteiger charge is -2.33. The Hall–Kier alpha value is -4.13. The predicted octanol–water partition coefficient (Wildman–Crippen LogP) is 2.04. The molecule has 3 N–H and O–H groups in total. The normalized spacial score (nSPS) is 23.7. The molecule has 3 heterocycles. The lowest BCUT2D eigenvalue weighted by molar-refractivity contribution is -0.142. The van der Waals surface area contributed by atoms with Gasteiger partial charge in [-0.05, 0) is 56.6 Å². The monoisotopic (exact) mass is 703 g/mol. The molecule has 3 saturated heterocycles. The number of hydrogen-bond donors (Lipinski definition) is 3. The highest BCUT2D eigenvalue weighted by atomic mass is 16.6. The first-order valence-electron chi connectivity index (χ1n) is 18.2. The third-order valence-electron chi connectivity index (χ3n) is 9.96. The lowest BCUT2D eigenvalue weighted by Crippen LogP contribution is -2.57. The van der Waals surface area contributed by atoms with Gasteiger partial charge < -0.3 is 30.3 Å². The van der Waals surface area contributed by atoms with Gasteiger partial charge in [0.2, 0.25) is 23.6 Å². The quantitative estimate of drug-likeness (QED) is 0.212. The number of Topliss-reactive ketones (excluding diaryl/α,β-unsaturated/α-hetero) is 1. The van der Waals surface area contributed by atoms with Crippen molar-refractivity contribution < 1.29 is 33.4 Å². The molecule has 4 amide bonds. The largest absolute Gasteiger partial charge is 0.379 e. The molecule has 51 heavy (non-hydrogen) atoms. The molecule has 4 unspecified atom stereocenters. The second kappa shape index (κ2) is 17.4. The fraction of sp³-hybridized carbons (Fsp3) is 0.564. The second-order valence-corrected chi connectivity index (χ2v) is 14.7. The number of ether oxygens (including phenoxy) is 2. The Bertz CT molecular complexity index is 1510. The Kier molecular flexibility index (Phi) is 13.0. The molecule has 0 bridgehead atoms. The van der Waals surface area contributed by atoms with E-state index in [1.807, 2.05) is 86.3 Å². The van der Waals surface area contributed by atoms with Crippen LogP contribution in [0.25, 0.3) is 0 Å². The highest BCUT2D eigenvalue weighted by Gasteiger charge is 2.51. The van der Waals surface area contributed by atoms with E-state index in [1.54, 1.807) is 11.8 Å². The summed E-state index contributed by atoms with van der Waals surface area (Å²) in [5, 5.41) is 8.83. The average Bonchev–Trinajstić information content (AvgIpc) is 3.81. The van der Waals surface area contributed by atoms with Crippen molar-refractivity contribution in [2.24, 2.45) is 5.92 Å². The van der Waals surface area contributed by atoms with Gasteiger partial charge >= 0.3 is 0 Å². The number of nitrogens with zero attached hydrogens (tertiary/aromatic N) is 2. The van der Waals surface area contributed by atoms with Crippen LogP contribution in [-0.4, -0.2) is 114 Å². The van der Waals surface area contributed by atoms with E-state index < -0.39 is 41.6 Å². The Morgan fingerprint density at radius 2 is 1.53 bits per heavy atom. The van der Waals surface area contributed by atoms with Crippen LogP contribution in [0.4, 0.5) is 0 Å². The maximum absolute atomic E-state index is 14.2. The summed E-state index contributed by atoms with van der Waals surface area (Å²) in [6, 6.07) is 15.3. The summed E-state index contributed by atoms with van der Waals surface area (Å²) in [6.07, 6.45) is 1.86. The minimum Gasteiger partial charge on any atom is -0.379 e. The molecule has 0 radical (unpaired) electrons. The molecule has 2 aromatic rings. The number of epoxide rings is 1. The van der Waals surface area contributed by atoms with Crippen LogP contribution in [0.5, 0.6) is 0 Å². The maximum atomic E-state index is 14.2. The number of carbonyl (C=O) groups excluding carboxylic acids is 5. The number of morpholine rings is 1. The SMILES string of the molecule is CC(C)CC(NC(=O)[C@H](Cc1ccccc1)N1C(=O)C(NC(=O)[C@H](CCc2ccccc2)NC(=O)CN2CCOCC2)CC1C)C(=O)C1(C)CO1. The Balaban J connectivity index is 1.31. The molecule has 2 aromatic carbocycles. The minimum atomic E-state index is -0.922. The molecule has 0 aliphatic carbocycles. The molecule has 0 aromatic heterocycles. The zero-order valence-electron chi connectivity index (χ0n) is 30.3. The lowest BCUT2D eigenvalue weighted by atomic mass is 9.92. The third kappa shape index (κ3) is 10.5. The molecule has 0 saturated carbocycles. The Morgan fingerprint density at radius 1 is 0.902 bits per heavy atom. The Morgan fingerprint density at radius 3 is 2.14 bits per heavy atom. The van der Waals surface area contributed by atoms with Crippen LogP contribution in [0.2, 0.25) is 0 Å². The van der Waals surface area contributed by atoms with Gasteiger partial charge in [-0.25, -0.2) is 0 Å². The first kappa shape index (κ1) is 38.1. The van der Waals surface area contributed by atoms with Crippen LogP contribution in [0.3, 0.4) is 0 Å². The smallest absolute Gasteiger partial charge is 0.246 e. The van der Waals surface area contributed by atoms with Crippen LogP contribution in [0.15, 0.2) is 60.7 Å². The summed E-state index contributed by atoms with van der Waals surface area (Å²) in [5.74, 6) is -1.56. The highest BCUT2D eigenvalue weighted by Crippen LogP contribution is 2.30. The van der Waals surface area contributed by atoms with Crippen molar-refractivity contribution >= 4 is 29.4 Å². The second-order valence-electron chi connectivity index (χ2n) is 14.7. The summed E-state index contributed by atoms with van der Waals surface area (Å²) in [4.78, 5) is 72.3. The van der Waals surface area contributed by atoms with Gasteiger partial charge in [0.15, 0.2) is 5.78 Å². The van der Waals surface area contributed by atoms with Gasteiger partial charge in [-0.15, -0.1) is 0 Å². The van der Waals surface area contributed by atoms with Crippen molar-refractivity contribution in [3.05, 3.63) is 71.8 Å². The number of nitrogens with one attached hydrogen (secondary N) is 3. The number of likely N-dealkylation sites (tertiary alicyclic amines) is 1. The molecule has 6 atom stereocenters. The van der Waals surface area contributed by atoms with Gasteiger partial charge in [0.05, 0.1) is 32.4 Å². The molecular formula is C39H53N5O7. The fourth-order valence-electron chi connectivity index (χ4n) is 6.98. The van der Waals surface area contributed by atoms with Crippen molar-refractivity contribution in [3.63, 3.8) is 0 Å². The summed E-state index contributed by atoms with van der Waals surface area (Å²) >= 11 is 0. The first-order valence-corrected chi connectivity index (χ1v) is 18.2. The summed E-state index contributed by atoms with van der Waals surface area (Å²) in [7, 11) is 0. The molecule has 3 aliphatic heterocycles. The summed E-state index contributed by atoms with van der Waals surface area (Å²) in [5.41, 5.74) is 0.974. The number of rotatable bonds is 17. The van der Waals surface area contributed by atoms with Crippen molar-refractivity contribution in [3.8, 4) is 0 Å². The van der Waals surface area contributed by atoms with E-state index in [-0.39, 0.29) is 48.9 Å². The van der Waals surface area contributed by atoms with Crippen LogP contribution in [0, 0.1) is 5.92 Å². The van der Waals surface area contributed by atoms with Gasteiger partial charge in [-0.1, -0.05) is 74.5 Å². The van der Waals surface area contributed by atoms with Crippen molar-refractivity contribution in [2.75, 3.05) is 39.5 Å². The molecule has 3 aliphatic rings. The van der Waals surface area contributed by atoms with E-state index in [9.17, 15) is 24.0 Å². The average molecular weight is 704 g/mol. The van der Waals surface area contributed by atoms with E-state index in [2.05, 4.69) is 16.0 Å². The van der Waals surface area contributed by atoms with Crippen LogP contribution in [0.1, 0.15) is 58.1 Å². The molecule has 5 rings (SSSR count). The van der Waals surface area contributed by atoms with Crippen LogP contribution < -0.4 is 16.0 Å². The number of ketones is 1.